The molecule has 0 aromatic rings. The van der Waals surface area contributed by atoms with Crippen molar-refractivity contribution in [3.05, 3.63) is 0 Å². The van der Waals surface area contributed by atoms with Crippen LogP contribution in [0.25, 0.3) is 0 Å². The van der Waals surface area contributed by atoms with Crippen molar-refractivity contribution in [1.82, 2.24) is 10.2 Å². The van der Waals surface area contributed by atoms with Gasteiger partial charge in [0.05, 0.1) is 6.10 Å². The normalized spacial score (nSPS) is 34.1. The molecule has 0 spiro atoms. The Morgan fingerprint density at radius 3 is 2.31 bits per heavy atom. The number of hydrogen-bond donors (Lipinski definition) is 2. The van der Waals surface area contributed by atoms with E-state index >= 15 is 0 Å². The topological polar surface area (TPSA) is 35.5 Å². The van der Waals surface area contributed by atoms with Crippen molar-refractivity contribution in [2.75, 3.05) is 26.7 Å². The molecule has 1 heterocycles. The molecular formula is C13H26N2O. The highest BCUT2D eigenvalue weighted by Crippen LogP contribution is 2.23. The van der Waals surface area contributed by atoms with Gasteiger partial charge in [-0.15, -0.1) is 0 Å². The van der Waals surface area contributed by atoms with Gasteiger partial charge in [0.2, 0.25) is 0 Å². The number of aliphatic hydroxyl groups is 1. The summed E-state index contributed by atoms with van der Waals surface area (Å²) in [6.45, 7) is 3.64. The van der Waals surface area contributed by atoms with Crippen LogP contribution in [0.15, 0.2) is 0 Å². The minimum absolute atomic E-state index is 0.0143. The Balaban J connectivity index is 1.60. The maximum absolute atomic E-state index is 9.45. The van der Waals surface area contributed by atoms with Crippen molar-refractivity contribution in [1.29, 1.82) is 0 Å². The predicted molar refractivity (Wildman–Crippen MR) is 66.5 cm³/mol. The van der Waals surface area contributed by atoms with Crippen molar-refractivity contribution in [2.24, 2.45) is 5.92 Å². The van der Waals surface area contributed by atoms with Gasteiger partial charge in [0.1, 0.15) is 0 Å². The van der Waals surface area contributed by atoms with Gasteiger partial charge in [-0.3, -0.25) is 0 Å². The molecule has 2 rings (SSSR count). The van der Waals surface area contributed by atoms with Crippen molar-refractivity contribution in [2.45, 2.75) is 50.7 Å². The number of likely N-dealkylation sites (tertiary alicyclic amines) is 1. The molecule has 16 heavy (non-hydrogen) atoms. The van der Waals surface area contributed by atoms with Gasteiger partial charge in [-0.05, 0) is 71.1 Å². The van der Waals surface area contributed by atoms with Crippen LogP contribution < -0.4 is 5.32 Å². The summed E-state index contributed by atoms with van der Waals surface area (Å²) in [6, 6.07) is 0.739. The lowest BCUT2D eigenvalue weighted by molar-refractivity contribution is 0.106. The Hall–Kier alpha value is -0.120. The van der Waals surface area contributed by atoms with Crippen molar-refractivity contribution >= 4 is 0 Å². The number of rotatable bonds is 3. The molecule has 1 aliphatic carbocycles. The maximum Gasteiger partial charge on any atom is 0.0540 e. The molecule has 0 unspecified atom stereocenters. The van der Waals surface area contributed by atoms with Gasteiger partial charge in [-0.2, -0.15) is 0 Å². The Morgan fingerprint density at radius 2 is 1.69 bits per heavy atom. The first-order valence-electron chi connectivity index (χ1n) is 6.84. The molecule has 0 bridgehead atoms. The van der Waals surface area contributed by atoms with Crippen molar-refractivity contribution < 1.29 is 5.11 Å². The standard InChI is InChI=1S/C13H26N2O/c1-15-8-6-12(7-9-15)14-10-11-2-4-13(16)5-3-11/h11-14,16H,2-10H2,1H3. The first-order chi connectivity index (χ1) is 7.74. The summed E-state index contributed by atoms with van der Waals surface area (Å²) >= 11 is 0. The van der Waals surface area contributed by atoms with E-state index in [-0.39, 0.29) is 6.10 Å². The molecule has 1 saturated carbocycles. The summed E-state index contributed by atoms with van der Waals surface area (Å²) in [7, 11) is 2.21. The smallest absolute Gasteiger partial charge is 0.0540 e. The molecule has 2 aliphatic rings. The van der Waals surface area contributed by atoms with Crippen molar-refractivity contribution in [3.8, 4) is 0 Å². The van der Waals surface area contributed by atoms with Crippen LogP contribution >= 0.6 is 0 Å². The van der Waals surface area contributed by atoms with E-state index in [1.54, 1.807) is 0 Å². The fourth-order valence-electron chi connectivity index (χ4n) is 2.90. The summed E-state index contributed by atoms with van der Waals surface area (Å²) in [5, 5.41) is 13.2. The van der Waals surface area contributed by atoms with E-state index in [1.807, 2.05) is 0 Å². The summed E-state index contributed by atoms with van der Waals surface area (Å²) in [4.78, 5) is 2.41. The van der Waals surface area contributed by atoms with Gasteiger partial charge >= 0.3 is 0 Å². The third-order valence-corrected chi connectivity index (χ3v) is 4.23. The molecule has 0 amide bonds. The van der Waals surface area contributed by atoms with Crippen LogP contribution in [-0.2, 0) is 0 Å². The van der Waals surface area contributed by atoms with Crippen LogP contribution in [0.5, 0.6) is 0 Å². The average Bonchev–Trinajstić information content (AvgIpc) is 2.30. The van der Waals surface area contributed by atoms with Crippen LogP contribution in [-0.4, -0.2) is 48.8 Å². The van der Waals surface area contributed by atoms with Gasteiger partial charge in [-0.1, -0.05) is 0 Å². The maximum atomic E-state index is 9.45. The minimum Gasteiger partial charge on any atom is -0.393 e. The first-order valence-corrected chi connectivity index (χ1v) is 6.84. The molecule has 2 N–H and O–H groups in total. The predicted octanol–water partition coefficient (Wildman–Crippen LogP) is 1.22. The molecule has 1 aliphatic heterocycles. The second-order valence-corrected chi connectivity index (χ2v) is 5.66. The number of nitrogens with one attached hydrogen (secondary N) is 1. The molecule has 2 fully saturated rings. The molecule has 0 atom stereocenters. The summed E-state index contributed by atoms with van der Waals surface area (Å²) in [5.41, 5.74) is 0. The molecule has 0 aromatic carbocycles. The highest BCUT2D eigenvalue weighted by molar-refractivity contribution is 4.79. The van der Waals surface area contributed by atoms with Gasteiger partial charge in [0.15, 0.2) is 0 Å². The molecular weight excluding hydrogens is 200 g/mol. The quantitative estimate of drug-likeness (QED) is 0.759. The van der Waals surface area contributed by atoms with Crippen LogP contribution in [0.3, 0.4) is 0 Å². The molecule has 1 saturated heterocycles. The Labute approximate surface area is 99.2 Å². The lowest BCUT2D eigenvalue weighted by Crippen LogP contribution is -2.42. The molecule has 3 heteroatoms. The fraction of sp³-hybridized carbons (Fsp3) is 1.00. The summed E-state index contributed by atoms with van der Waals surface area (Å²) < 4.78 is 0. The highest BCUT2D eigenvalue weighted by atomic mass is 16.3. The van der Waals surface area contributed by atoms with E-state index in [4.69, 9.17) is 0 Å². The SMILES string of the molecule is CN1CCC(NCC2CCC(O)CC2)CC1. The Kier molecular flexibility index (Phi) is 4.62. The molecule has 3 nitrogen and oxygen atoms in total. The van der Waals surface area contributed by atoms with Crippen molar-refractivity contribution in [3.63, 3.8) is 0 Å². The first kappa shape index (κ1) is 12.3. The van der Waals surface area contributed by atoms with E-state index in [0.717, 1.165) is 24.8 Å². The van der Waals surface area contributed by atoms with Gasteiger partial charge in [0.25, 0.3) is 0 Å². The molecule has 94 valence electrons. The third-order valence-electron chi connectivity index (χ3n) is 4.23. The minimum atomic E-state index is -0.0143. The zero-order valence-corrected chi connectivity index (χ0v) is 10.5. The monoisotopic (exact) mass is 226 g/mol. The molecule has 0 aromatic heterocycles. The third kappa shape index (κ3) is 3.72. The Bertz CT molecular complexity index is 172. The lowest BCUT2D eigenvalue weighted by Gasteiger charge is -2.32. The van der Waals surface area contributed by atoms with Gasteiger partial charge in [0, 0.05) is 6.04 Å². The second kappa shape index (κ2) is 5.99. The Morgan fingerprint density at radius 1 is 1.06 bits per heavy atom. The van der Waals surface area contributed by atoms with Crippen LogP contribution in [0, 0.1) is 5.92 Å². The van der Waals surface area contributed by atoms with E-state index in [2.05, 4.69) is 17.3 Å². The van der Waals surface area contributed by atoms with Crippen LogP contribution in [0.1, 0.15) is 38.5 Å². The van der Waals surface area contributed by atoms with Gasteiger partial charge < -0.3 is 15.3 Å². The number of aliphatic hydroxyl groups excluding tert-OH is 1. The van der Waals surface area contributed by atoms with E-state index in [9.17, 15) is 5.11 Å². The number of hydrogen-bond acceptors (Lipinski definition) is 3. The highest BCUT2D eigenvalue weighted by Gasteiger charge is 2.21. The van der Waals surface area contributed by atoms with E-state index in [0.29, 0.717) is 0 Å². The van der Waals surface area contributed by atoms with Crippen LogP contribution in [0.2, 0.25) is 0 Å². The summed E-state index contributed by atoms with van der Waals surface area (Å²) in [5.74, 6) is 0.808. The zero-order chi connectivity index (χ0) is 11.4. The van der Waals surface area contributed by atoms with E-state index < -0.39 is 0 Å². The van der Waals surface area contributed by atoms with Crippen LogP contribution in [0.4, 0.5) is 0 Å². The zero-order valence-electron chi connectivity index (χ0n) is 10.5. The number of nitrogens with zero attached hydrogens (tertiary/aromatic N) is 1. The fourth-order valence-corrected chi connectivity index (χ4v) is 2.90. The lowest BCUT2D eigenvalue weighted by atomic mass is 9.87. The van der Waals surface area contributed by atoms with E-state index in [1.165, 1.54) is 45.3 Å². The van der Waals surface area contributed by atoms with Gasteiger partial charge in [-0.25, -0.2) is 0 Å². The average molecular weight is 226 g/mol. The molecule has 0 radical (unpaired) electrons. The summed E-state index contributed by atoms with van der Waals surface area (Å²) in [6.07, 6.45) is 7.03. The number of piperidine rings is 1. The second-order valence-electron chi connectivity index (χ2n) is 5.66. The largest absolute Gasteiger partial charge is 0.393 e.